The first-order valence-electron chi connectivity index (χ1n) is 12.1. The summed E-state index contributed by atoms with van der Waals surface area (Å²) >= 11 is 0. The molecule has 2 N–H and O–H groups in total. The van der Waals surface area contributed by atoms with Crippen molar-refractivity contribution in [2.24, 2.45) is 0 Å². The van der Waals surface area contributed by atoms with Gasteiger partial charge in [-0.2, -0.15) is 9.37 Å². The van der Waals surface area contributed by atoms with Gasteiger partial charge in [0.1, 0.15) is 11.9 Å². The van der Waals surface area contributed by atoms with Crippen LogP contribution in [-0.2, 0) is 9.59 Å². The Hall–Kier alpha value is -2.99. The van der Waals surface area contributed by atoms with Gasteiger partial charge in [-0.05, 0) is 39.8 Å². The van der Waals surface area contributed by atoms with E-state index in [-0.39, 0.29) is 11.8 Å². The zero-order chi connectivity index (χ0) is 25.3. The van der Waals surface area contributed by atoms with Crippen molar-refractivity contribution in [3.8, 4) is 11.8 Å². The highest BCUT2D eigenvalue weighted by Gasteiger charge is 2.32. The van der Waals surface area contributed by atoms with E-state index in [4.69, 9.17) is 0 Å². The maximum absolute atomic E-state index is 13.3. The van der Waals surface area contributed by atoms with E-state index < -0.39 is 12.1 Å². The van der Waals surface area contributed by atoms with Gasteiger partial charge in [0.15, 0.2) is 0 Å². The second kappa shape index (κ2) is 16.6. The zero-order valence-electron chi connectivity index (χ0n) is 21.2. The Balaban J connectivity index is 0.00000281. The van der Waals surface area contributed by atoms with Gasteiger partial charge in [-0.25, -0.2) is 4.98 Å². The topological polar surface area (TPSA) is 90.5 Å². The lowest BCUT2D eigenvalue weighted by atomic mass is 10.2. The van der Waals surface area contributed by atoms with Gasteiger partial charge in [-0.1, -0.05) is 38.7 Å². The van der Waals surface area contributed by atoms with Crippen molar-refractivity contribution in [2.75, 3.05) is 45.6 Å². The molecule has 0 radical (unpaired) electrons. The second-order valence-corrected chi connectivity index (χ2v) is 7.88. The summed E-state index contributed by atoms with van der Waals surface area (Å²) in [6.45, 7) is 8.43. The average molecular weight is 475 g/mol. The highest BCUT2D eigenvalue weighted by atomic mass is 19.1. The minimum Gasteiger partial charge on any atom is -0.369 e. The van der Waals surface area contributed by atoms with Gasteiger partial charge in [0.25, 0.3) is 0 Å². The van der Waals surface area contributed by atoms with E-state index in [0.29, 0.717) is 56.8 Å². The summed E-state index contributed by atoms with van der Waals surface area (Å²) in [7, 11) is 3.86. The van der Waals surface area contributed by atoms with Crippen LogP contribution in [0.3, 0.4) is 0 Å². The molecular weight excluding hydrogens is 435 g/mol. The van der Waals surface area contributed by atoms with Crippen LogP contribution in [0.5, 0.6) is 0 Å². The fourth-order valence-electron chi connectivity index (χ4n) is 3.26. The number of hydrogen-bond acceptors (Lipinski definition) is 6. The van der Waals surface area contributed by atoms with Crippen molar-refractivity contribution in [3.63, 3.8) is 0 Å². The predicted molar refractivity (Wildman–Crippen MR) is 134 cm³/mol. The third-order valence-corrected chi connectivity index (χ3v) is 4.87. The van der Waals surface area contributed by atoms with Crippen molar-refractivity contribution < 1.29 is 14.0 Å². The Bertz CT molecular complexity index is 863. The summed E-state index contributed by atoms with van der Waals surface area (Å²) in [6, 6.07) is -0.416. The normalized spacial score (nSPS) is 14.9. The minimum atomic E-state index is -0.788. The molecule has 0 aliphatic carbocycles. The maximum atomic E-state index is 13.3. The van der Waals surface area contributed by atoms with Crippen LogP contribution in [-0.4, -0.2) is 77.9 Å². The smallest absolute Gasteiger partial charge is 0.310 e. The molecule has 2 heterocycles. The first-order valence-corrected chi connectivity index (χ1v) is 12.1. The molecule has 1 aliphatic rings. The molecule has 0 spiro atoms. The van der Waals surface area contributed by atoms with Crippen LogP contribution < -0.4 is 10.6 Å². The minimum absolute atomic E-state index is 0.121. The molecule has 8 nitrogen and oxygen atoms in total. The Morgan fingerprint density at radius 3 is 2.79 bits per heavy atom. The molecule has 0 bridgehead atoms. The van der Waals surface area contributed by atoms with Crippen LogP contribution in [0, 0.1) is 17.9 Å². The molecule has 188 valence electrons. The Morgan fingerprint density at radius 2 is 2.09 bits per heavy atom. The van der Waals surface area contributed by atoms with Gasteiger partial charge < -0.3 is 20.4 Å². The number of unbranched alkanes of at least 4 members (excludes halogenated alkanes) is 1. The first-order chi connectivity index (χ1) is 16.4. The van der Waals surface area contributed by atoms with E-state index in [2.05, 4.69) is 32.4 Å². The average Bonchev–Trinajstić information content (AvgIpc) is 3.32. The van der Waals surface area contributed by atoms with Crippen molar-refractivity contribution in [2.45, 2.75) is 58.9 Å². The standard InChI is InChI=1S/C23H33FN6O2.C2H6/c1-4-13-25-21-18(17-27-23(24)28-21)10-6-5-7-14-26-22(32)19-11-8-16-30(19)20(31)12-9-15-29(2)3;1-2/h9,12,17,19H,4-5,7-8,11,13-16H2,1-3H3,(H,26,32)(H,25,27,28);1-2H3/b12-9+;/t19-;/m0./s1. The third-order valence-electron chi connectivity index (χ3n) is 4.87. The summed E-state index contributed by atoms with van der Waals surface area (Å²) in [6.07, 6.45) is 7.55. The predicted octanol–water partition coefficient (Wildman–Crippen LogP) is 2.82. The lowest BCUT2D eigenvalue weighted by Gasteiger charge is -2.22. The van der Waals surface area contributed by atoms with E-state index in [0.717, 1.165) is 12.8 Å². The van der Waals surface area contributed by atoms with Crippen LogP contribution in [0.25, 0.3) is 0 Å². The van der Waals surface area contributed by atoms with Gasteiger partial charge in [0.05, 0.1) is 11.8 Å². The number of halogens is 1. The zero-order valence-corrected chi connectivity index (χ0v) is 21.2. The van der Waals surface area contributed by atoms with E-state index >= 15 is 0 Å². The van der Waals surface area contributed by atoms with Crippen LogP contribution in [0.4, 0.5) is 10.2 Å². The van der Waals surface area contributed by atoms with Gasteiger partial charge >= 0.3 is 6.08 Å². The van der Waals surface area contributed by atoms with Gasteiger partial charge in [-0.15, -0.1) is 0 Å². The van der Waals surface area contributed by atoms with Gasteiger partial charge in [0, 0.05) is 38.7 Å². The molecule has 1 fully saturated rings. The van der Waals surface area contributed by atoms with Crippen LogP contribution in [0.1, 0.15) is 58.4 Å². The molecule has 1 aromatic rings. The maximum Gasteiger partial charge on any atom is 0.310 e. The quantitative estimate of drug-likeness (QED) is 0.235. The Morgan fingerprint density at radius 1 is 1.32 bits per heavy atom. The van der Waals surface area contributed by atoms with E-state index in [1.165, 1.54) is 6.20 Å². The SMILES string of the molecule is CC.CCCNc1nc(F)ncc1C#CCCCNC(=O)[C@@H]1CCCN1C(=O)/C=C/CN(C)C. The number of likely N-dealkylation sites (N-methyl/N-ethyl adjacent to an activating group) is 1. The number of carbonyl (C=O) groups is 2. The summed E-state index contributed by atoms with van der Waals surface area (Å²) in [5, 5.41) is 5.95. The molecule has 2 amide bonds. The van der Waals surface area contributed by atoms with Gasteiger partial charge in [0.2, 0.25) is 11.8 Å². The Labute approximate surface area is 203 Å². The second-order valence-electron chi connectivity index (χ2n) is 7.88. The molecule has 1 aromatic heterocycles. The molecule has 0 aromatic carbocycles. The van der Waals surface area contributed by atoms with Crippen molar-refractivity contribution in [3.05, 3.63) is 30.0 Å². The number of nitrogens with one attached hydrogen (secondary N) is 2. The summed E-state index contributed by atoms with van der Waals surface area (Å²) in [5.41, 5.74) is 0.548. The lowest BCUT2D eigenvalue weighted by Crippen LogP contribution is -2.45. The van der Waals surface area contributed by atoms with Crippen molar-refractivity contribution in [1.29, 1.82) is 0 Å². The van der Waals surface area contributed by atoms with E-state index in [1.807, 2.05) is 45.8 Å². The number of anilines is 1. The lowest BCUT2D eigenvalue weighted by molar-refractivity contribution is -0.135. The van der Waals surface area contributed by atoms with E-state index in [1.54, 1.807) is 11.0 Å². The number of rotatable bonds is 10. The van der Waals surface area contributed by atoms with Crippen molar-refractivity contribution in [1.82, 2.24) is 25.1 Å². The number of hydrogen-bond donors (Lipinski definition) is 2. The summed E-state index contributed by atoms with van der Waals surface area (Å²) in [4.78, 5) is 35.8. The number of amides is 2. The molecule has 2 rings (SSSR count). The Kier molecular flexibility index (Phi) is 14.2. The summed E-state index contributed by atoms with van der Waals surface area (Å²) in [5.74, 6) is 6.13. The third kappa shape index (κ3) is 10.3. The van der Waals surface area contributed by atoms with E-state index in [9.17, 15) is 14.0 Å². The molecule has 1 aliphatic heterocycles. The molecule has 1 saturated heterocycles. The van der Waals surface area contributed by atoms with Crippen molar-refractivity contribution >= 4 is 17.6 Å². The molecule has 0 unspecified atom stereocenters. The summed E-state index contributed by atoms with van der Waals surface area (Å²) < 4.78 is 13.3. The largest absolute Gasteiger partial charge is 0.369 e. The fourth-order valence-corrected chi connectivity index (χ4v) is 3.26. The molecule has 34 heavy (non-hydrogen) atoms. The molecule has 1 atom stereocenters. The van der Waals surface area contributed by atoms with Crippen LogP contribution >= 0.6 is 0 Å². The number of carbonyl (C=O) groups excluding carboxylic acids is 2. The van der Waals surface area contributed by atoms with Gasteiger partial charge in [-0.3, -0.25) is 9.59 Å². The molecule has 0 saturated carbocycles. The molecule has 9 heteroatoms. The first kappa shape index (κ1) is 29.0. The van der Waals surface area contributed by atoms with Crippen LogP contribution in [0.15, 0.2) is 18.3 Å². The number of aromatic nitrogens is 2. The highest BCUT2D eigenvalue weighted by Crippen LogP contribution is 2.18. The fraction of sp³-hybridized carbons (Fsp3) is 0.600. The monoisotopic (exact) mass is 474 g/mol. The molecular formula is C25H39FN6O2. The number of likely N-dealkylation sites (tertiary alicyclic amines) is 1. The highest BCUT2D eigenvalue weighted by molar-refractivity contribution is 5.93. The van der Waals surface area contributed by atoms with Crippen LogP contribution in [0.2, 0.25) is 0 Å². The number of nitrogens with zero attached hydrogens (tertiary/aromatic N) is 4.